The first-order chi connectivity index (χ1) is 10.1. The van der Waals surface area contributed by atoms with E-state index in [-0.39, 0.29) is 16.5 Å². The van der Waals surface area contributed by atoms with E-state index in [0.29, 0.717) is 13.2 Å². The summed E-state index contributed by atoms with van der Waals surface area (Å²) in [6, 6.07) is 8.77. The predicted molar refractivity (Wildman–Crippen MR) is 80.8 cm³/mol. The number of hydrogen-bond donors (Lipinski definition) is 1. The van der Waals surface area contributed by atoms with Crippen LogP contribution in [0.3, 0.4) is 0 Å². The molecule has 1 N–H and O–H groups in total. The Hall–Kier alpha value is -2.34. The molecule has 2 rings (SSSR count). The molecule has 0 fully saturated rings. The van der Waals surface area contributed by atoms with Crippen molar-refractivity contribution in [2.45, 2.75) is 13.5 Å². The molecule has 110 valence electrons. The smallest absolute Gasteiger partial charge is 0.312 e. The number of nitrogens with one attached hydrogen (secondary N) is 1. The average molecular weight is 308 g/mol. The number of nitrogens with zero attached hydrogens (tertiary/aromatic N) is 2. The van der Waals surface area contributed by atoms with Crippen LogP contribution in [-0.4, -0.2) is 16.5 Å². The summed E-state index contributed by atoms with van der Waals surface area (Å²) in [6.45, 7) is 2.89. The van der Waals surface area contributed by atoms with Crippen LogP contribution >= 0.6 is 11.6 Å². The van der Waals surface area contributed by atoms with Gasteiger partial charge in [-0.25, -0.2) is 4.98 Å². The van der Waals surface area contributed by atoms with E-state index in [9.17, 15) is 10.1 Å². The number of pyridine rings is 1. The molecule has 1 aromatic heterocycles. The second kappa shape index (κ2) is 6.90. The molecule has 0 atom stereocenters. The fourth-order valence-electron chi connectivity index (χ4n) is 1.80. The van der Waals surface area contributed by atoms with Crippen LogP contribution in [0.4, 0.5) is 11.5 Å². The molecule has 0 saturated heterocycles. The quantitative estimate of drug-likeness (QED) is 0.651. The van der Waals surface area contributed by atoms with Gasteiger partial charge in [0.05, 0.1) is 16.6 Å². The van der Waals surface area contributed by atoms with Crippen molar-refractivity contribution in [1.82, 2.24) is 4.98 Å². The van der Waals surface area contributed by atoms with Crippen LogP contribution in [0, 0.1) is 10.1 Å². The predicted octanol–water partition coefficient (Wildman–Crippen LogP) is 3.65. The van der Waals surface area contributed by atoms with Gasteiger partial charge in [-0.2, -0.15) is 0 Å². The van der Waals surface area contributed by atoms with Crippen molar-refractivity contribution in [2.75, 3.05) is 11.9 Å². The van der Waals surface area contributed by atoms with E-state index in [4.69, 9.17) is 16.3 Å². The molecule has 0 unspecified atom stereocenters. The van der Waals surface area contributed by atoms with Gasteiger partial charge in [0.25, 0.3) is 0 Å². The Labute approximate surface area is 126 Å². The number of benzene rings is 1. The highest BCUT2D eigenvalue weighted by Crippen LogP contribution is 2.25. The Morgan fingerprint density at radius 2 is 2.24 bits per heavy atom. The van der Waals surface area contributed by atoms with Gasteiger partial charge in [-0.05, 0) is 24.6 Å². The van der Waals surface area contributed by atoms with Gasteiger partial charge in [0.15, 0.2) is 0 Å². The number of hydrogen-bond acceptors (Lipinski definition) is 5. The third-order valence-electron chi connectivity index (χ3n) is 2.70. The van der Waals surface area contributed by atoms with Gasteiger partial charge in [0.1, 0.15) is 5.75 Å². The second-order valence-corrected chi connectivity index (χ2v) is 4.65. The van der Waals surface area contributed by atoms with Crippen molar-refractivity contribution >= 4 is 23.1 Å². The molecule has 1 heterocycles. The van der Waals surface area contributed by atoms with Gasteiger partial charge in [0.2, 0.25) is 5.82 Å². The topological polar surface area (TPSA) is 77.3 Å². The molecule has 0 aliphatic rings. The van der Waals surface area contributed by atoms with Crippen LogP contribution in [0.5, 0.6) is 5.75 Å². The van der Waals surface area contributed by atoms with E-state index >= 15 is 0 Å². The van der Waals surface area contributed by atoms with E-state index < -0.39 is 4.92 Å². The number of aromatic nitrogens is 1. The van der Waals surface area contributed by atoms with Crippen molar-refractivity contribution < 1.29 is 9.66 Å². The van der Waals surface area contributed by atoms with Crippen LogP contribution in [0.25, 0.3) is 0 Å². The highest BCUT2D eigenvalue weighted by atomic mass is 35.5. The summed E-state index contributed by atoms with van der Waals surface area (Å²) in [5.41, 5.74) is 0.787. The molecule has 21 heavy (non-hydrogen) atoms. The van der Waals surface area contributed by atoms with Crippen LogP contribution in [0.2, 0.25) is 5.02 Å². The SMILES string of the molecule is CCOc1cccc(CNc2ncc(Cl)cc2[N+](=O)[O-])c1. The lowest BCUT2D eigenvalue weighted by molar-refractivity contribution is -0.384. The fraction of sp³-hybridized carbons (Fsp3) is 0.214. The molecule has 0 spiro atoms. The Bertz CT molecular complexity index is 649. The van der Waals surface area contributed by atoms with Crippen molar-refractivity contribution in [3.8, 4) is 5.75 Å². The van der Waals surface area contributed by atoms with Crippen molar-refractivity contribution in [3.63, 3.8) is 0 Å². The minimum atomic E-state index is -0.516. The zero-order valence-corrected chi connectivity index (χ0v) is 12.1. The molecule has 0 amide bonds. The molecule has 0 bridgehead atoms. The molecule has 2 aromatic rings. The van der Waals surface area contributed by atoms with Crippen LogP contribution in [0.15, 0.2) is 36.5 Å². The standard InChI is InChI=1S/C14H14ClN3O3/c1-2-21-12-5-3-4-10(6-12)8-16-14-13(18(19)20)7-11(15)9-17-14/h3-7,9H,2,8H2,1H3,(H,16,17). The van der Waals surface area contributed by atoms with Crippen LogP contribution in [-0.2, 0) is 6.54 Å². The number of halogens is 1. The average Bonchev–Trinajstić information content (AvgIpc) is 2.46. The first-order valence-corrected chi connectivity index (χ1v) is 6.73. The largest absolute Gasteiger partial charge is 0.494 e. The third-order valence-corrected chi connectivity index (χ3v) is 2.91. The van der Waals surface area contributed by atoms with Gasteiger partial charge < -0.3 is 10.1 Å². The molecule has 7 heteroatoms. The normalized spacial score (nSPS) is 10.2. The molecule has 0 aliphatic heterocycles. The Kier molecular flexibility index (Phi) is 4.94. The van der Waals surface area contributed by atoms with Gasteiger partial charge in [0, 0.05) is 18.8 Å². The Morgan fingerprint density at radius 1 is 1.43 bits per heavy atom. The lowest BCUT2D eigenvalue weighted by Crippen LogP contribution is -2.05. The summed E-state index contributed by atoms with van der Waals surface area (Å²) in [4.78, 5) is 14.4. The van der Waals surface area contributed by atoms with Crippen molar-refractivity contribution in [1.29, 1.82) is 0 Å². The maximum Gasteiger partial charge on any atom is 0.312 e. The first kappa shape index (κ1) is 15.1. The Balaban J connectivity index is 2.13. The van der Waals surface area contributed by atoms with E-state index in [1.807, 2.05) is 31.2 Å². The molecule has 0 aliphatic carbocycles. The monoisotopic (exact) mass is 307 g/mol. The van der Waals surface area contributed by atoms with Gasteiger partial charge >= 0.3 is 5.69 Å². The molecule has 0 radical (unpaired) electrons. The van der Waals surface area contributed by atoms with Crippen molar-refractivity contribution in [2.24, 2.45) is 0 Å². The van der Waals surface area contributed by atoms with Crippen molar-refractivity contribution in [3.05, 3.63) is 57.2 Å². The Morgan fingerprint density at radius 3 is 2.95 bits per heavy atom. The molecule has 1 aromatic carbocycles. The third kappa shape index (κ3) is 4.06. The summed E-state index contributed by atoms with van der Waals surface area (Å²) in [7, 11) is 0. The molecular weight excluding hydrogens is 294 g/mol. The fourth-order valence-corrected chi connectivity index (χ4v) is 1.95. The minimum absolute atomic E-state index is 0.150. The minimum Gasteiger partial charge on any atom is -0.494 e. The number of anilines is 1. The highest BCUT2D eigenvalue weighted by Gasteiger charge is 2.15. The van der Waals surface area contributed by atoms with E-state index in [2.05, 4.69) is 10.3 Å². The summed E-state index contributed by atoms with van der Waals surface area (Å²) in [6.07, 6.45) is 1.37. The zero-order chi connectivity index (χ0) is 15.2. The van der Waals surface area contributed by atoms with Gasteiger partial charge in [-0.15, -0.1) is 0 Å². The number of rotatable bonds is 6. The highest BCUT2D eigenvalue weighted by molar-refractivity contribution is 6.30. The summed E-state index contributed by atoms with van der Waals surface area (Å²) in [5, 5.41) is 14.1. The lowest BCUT2D eigenvalue weighted by Gasteiger charge is -2.08. The van der Waals surface area contributed by atoms with E-state index in [1.54, 1.807) is 0 Å². The van der Waals surface area contributed by atoms with E-state index in [0.717, 1.165) is 11.3 Å². The second-order valence-electron chi connectivity index (χ2n) is 4.21. The summed E-state index contributed by atoms with van der Waals surface area (Å²) >= 11 is 5.72. The van der Waals surface area contributed by atoms with Crippen LogP contribution < -0.4 is 10.1 Å². The molecular formula is C14H14ClN3O3. The van der Waals surface area contributed by atoms with Gasteiger partial charge in [-0.1, -0.05) is 23.7 Å². The summed E-state index contributed by atoms with van der Waals surface area (Å²) in [5.74, 6) is 0.946. The molecule has 6 nitrogen and oxygen atoms in total. The van der Waals surface area contributed by atoms with E-state index in [1.165, 1.54) is 12.3 Å². The lowest BCUT2D eigenvalue weighted by atomic mass is 10.2. The number of ether oxygens (including phenoxy) is 1. The first-order valence-electron chi connectivity index (χ1n) is 6.35. The maximum atomic E-state index is 11.0. The maximum absolute atomic E-state index is 11.0. The summed E-state index contributed by atoms with van der Waals surface area (Å²) < 4.78 is 5.41. The van der Waals surface area contributed by atoms with Gasteiger partial charge in [-0.3, -0.25) is 10.1 Å². The molecule has 0 saturated carbocycles. The zero-order valence-electron chi connectivity index (χ0n) is 11.4. The number of nitro groups is 1. The van der Waals surface area contributed by atoms with Crippen LogP contribution in [0.1, 0.15) is 12.5 Å².